The number of nitrogens with one attached hydrogen (secondary N) is 1. The molecule has 0 aliphatic rings. The van der Waals surface area contributed by atoms with Crippen molar-refractivity contribution in [1.82, 2.24) is 0 Å². The van der Waals surface area contributed by atoms with Crippen molar-refractivity contribution in [3.63, 3.8) is 0 Å². The quantitative estimate of drug-likeness (QED) is 0.807. The van der Waals surface area contributed by atoms with E-state index in [-0.39, 0.29) is 5.91 Å². The van der Waals surface area contributed by atoms with Crippen LogP contribution >= 0.6 is 27.5 Å². The standard InChI is InChI=1S/C15H14BrClN2O/c16-15-12(17)5-2-6-13(15)19-14(20)8-7-10-3-1-4-11(18)9-10/h1-6,9H,7-8,18H2,(H,19,20). The van der Waals surface area contributed by atoms with E-state index in [0.717, 1.165) is 5.56 Å². The maximum absolute atomic E-state index is 11.9. The van der Waals surface area contributed by atoms with Crippen molar-refractivity contribution in [3.05, 3.63) is 57.5 Å². The Morgan fingerprint density at radius 3 is 2.75 bits per heavy atom. The fourth-order valence-corrected chi connectivity index (χ4v) is 2.36. The molecule has 0 aromatic heterocycles. The second-order valence-corrected chi connectivity index (χ2v) is 5.59. The first-order valence-electron chi connectivity index (χ1n) is 6.14. The lowest BCUT2D eigenvalue weighted by Gasteiger charge is -2.08. The van der Waals surface area contributed by atoms with E-state index < -0.39 is 0 Å². The Morgan fingerprint density at radius 1 is 1.25 bits per heavy atom. The average Bonchev–Trinajstić information content (AvgIpc) is 2.42. The van der Waals surface area contributed by atoms with Gasteiger partial charge in [-0.1, -0.05) is 29.8 Å². The summed E-state index contributed by atoms with van der Waals surface area (Å²) in [6.07, 6.45) is 1.04. The van der Waals surface area contributed by atoms with Gasteiger partial charge in [0.2, 0.25) is 5.91 Å². The van der Waals surface area contributed by atoms with Crippen molar-refractivity contribution in [3.8, 4) is 0 Å². The van der Waals surface area contributed by atoms with E-state index in [9.17, 15) is 4.79 Å². The number of nitrogen functional groups attached to an aromatic ring is 1. The Hall–Kier alpha value is -1.52. The third-order valence-corrected chi connectivity index (χ3v) is 4.22. The van der Waals surface area contributed by atoms with Gasteiger partial charge in [0.25, 0.3) is 0 Å². The highest BCUT2D eigenvalue weighted by molar-refractivity contribution is 9.10. The third-order valence-electron chi connectivity index (χ3n) is 2.82. The zero-order chi connectivity index (χ0) is 14.5. The van der Waals surface area contributed by atoms with Crippen LogP contribution in [0.5, 0.6) is 0 Å². The van der Waals surface area contributed by atoms with Gasteiger partial charge >= 0.3 is 0 Å². The molecule has 3 nitrogen and oxygen atoms in total. The number of hydrogen-bond donors (Lipinski definition) is 2. The molecule has 3 N–H and O–H groups in total. The number of anilines is 2. The lowest BCUT2D eigenvalue weighted by molar-refractivity contribution is -0.116. The van der Waals surface area contributed by atoms with Gasteiger partial charge in [-0.2, -0.15) is 0 Å². The van der Waals surface area contributed by atoms with Crippen molar-refractivity contribution in [2.24, 2.45) is 0 Å². The van der Waals surface area contributed by atoms with Gasteiger partial charge in [0.15, 0.2) is 0 Å². The third kappa shape index (κ3) is 3.99. The van der Waals surface area contributed by atoms with Gasteiger partial charge in [-0.05, 0) is 52.2 Å². The summed E-state index contributed by atoms with van der Waals surface area (Å²) >= 11 is 9.33. The van der Waals surface area contributed by atoms with Gasteiger partial charge in [-0.15, -0.1) is 0 Å². The molecular formula is C15H14BrClN2O. The molecule has 0 spiro atoms. The molecule has 0 bridgehead atoms. The van der Waals surface area contributed by atoms with Crippen molar-refractivity contribution in [1.29, 1.82) is 0 Å². The number of halogens is 2. The first kappa shape index (κ1) is 14.9. The van der Waals surface area contributed by atoms with Crippen LogP contribution in [0.25, 0.3) is 0 Å². The number of aryl methyl sites for hydroxylation is 1. The predicted molar refractivity (Wildman–Crippen MR) is 87.0 cm³/mol. The number of benzene rings is 2. The van der Waals surface area contributed by atoms with Crippen LogP contribution in [0.3, 0.4) is 0 Å². The van der Waals surface area contributed by atoms with Crippen LogP contribution in [-0.4, -0.2) is 5.91 Å². The summed E-state index contributed by atoms with van der Waals surface area (Å²) in [6, 6.07) is 12.9. The summed E-state index contributed by atoms with van der Waals surface area (Å²) in [6.45, 7) is 0. The average molecular weight is 354 g/mol. The van der Waals surface area contributed by atoms with E-state index in [1.54, 1.807) is 18.2 Å². The minimum absolute atomic E-state index is 0.0598. The monoisotopic (exact) mass is 352 g/mol. The summed E-state index contributed by atoms with van der Waals surface area (Å²) in [5.74, 6) is -0.0598. The highest BCUT2D eigenvalue weighted by Crippen LogP contribution is 2.30. The second-order valence-electron chi connectivity index (χ2n) is 4.39. The number of hydrogen-bond acceptors (Lipinski definition) is 2. The molecule has 0 atom stereocenters. The summed E-state index contributed by atoms with van der Waals surface area (Å²) in [4.78, 5) is 11.9. The Balaban J connectivity index is 1.94. The van der Waals surface area contributed by atoms with Crippen LogP contribution in [0.4, 0.5) is 11.4 Å². The van der Waals surface area contributed by atoms with Gasteiger partial charge in [0, 0.05) is 12.1 Å². The predicted octanol–water partition coefficient (Wildman–Crippen LogP) is 4.26. The SMILES string of the molecule is Nc1cccc(CCC(=O)Nc2cccc(Cl)c2Br)c1. The molecule has 104 valence electrons. The van der Waals surface area contributed by atoms with Crippen LogP contribution in [0.2, 0.25) is 5.02 Å². The van der Waals surface area contributed by atoms with Crippen molar-refractivity contribution in [2.75, 3.05) is 11.1 Å². The minimum Gasteiger partial charge on any atom is -0.399 e. The summed E-state index contributed by atoms with van der Waals surface area (Å²) in [7, 11) is 0. The molecule has 2 rings (SSSR count). The highest BCUT2D eigenvalue weighted by atomic mass is 79.9. The number of rotatable bonds is 4. The van der Waals surface area contributed by atoms with Crippen LogP contribution in [0.1, 0.15) is 12.0 Å². The highest BCUT2D eigenvalue weighted by Gasteiger charge is 2.08. The maximum atomic E-state index is 11.9. The Labute approximate surface area is 131 Å². The second kappa shape index (κ2) is 6.77. The molecule has 2 aromatic carbocycles. The lowest BCUT2D eigenvalue weighted by Crippen LogP contribution is -2.12. The van der Waals surface area contributed by atoms with E-state index in [1.807, 2.05) is 24.3 Å². The van der Waals surface area contributed by atoms with Gasteiger partial charge in [-0.25, -0.2) is 0 Å². The first-order valence-corrected chi connectivity index (χ1v) is 7.31. The van der Waals surface area contributed by atoms with Gasteiger partial charge in [-0.3, -0.25) is 4.79 Å². The van der Waals surface area contributed by atoms with Crippen LogP contribution in [0.15, 0.2) is 46.9 Å². The van der Waals surface area contributed by atoms with Gasteiger partial charge in [0.05, 0.1) is 15.2 Å². The Bertz CT molecular complexity index is 631. The number of carbonyl (C=O) groups is 1. The number of amides is 1. The van der Waals surface area contributed by atoms with Crippen molar-refractivity contribution < 1.29 is 4.79 Å². The lowest BCUT2D eigenvalue weighted by atomic mass is 10.1. The number of carbonyl (C=O) groups excluding carboxylic acids is 1. The molecule has 0 saturated carbocycles. The van der Waals surface area contributed by atoms with E-state index in [4.69, 9.17) is 17.3 Å². The van der Waals surface area contributed by atoms with Crippen molar-refractivity contribution in [2.45, 2.75) is 12.8 Å². The molecule has 2 aromatic rings. The van der Waals surface area contributed by atoms with Gasteiger partial charge < -0.3 is 11.1 Å². The zero-order valence-corrected chi connectivity index (χ0v) is 13.0. The normalized spacial score (nSPS) is 10.3. The summed E-state index contributed by atoms with van der Waals surface area (Å²) < 4.78 is 0.693. The molecule has 0 radical (unpaired) electrons. The fraction of sp³-hybridized carbons (Fsp3) is 0.133. The molecule has 0 saturated heterocycles. The van der Waals surface area contributed by atoms with E-state index in [0.29, 0.717) is 33.7 Å². The maximum Gasteiger partial charge on any atom is 0.224 e. The van der Waals surface area contributed by atoms with E-state index >= 15 is 0 Å². The molecule has 0 heterocycles. The van der Waals surface area contributed by atoms with Crippen LogP contribution in [-0.2, 0) is 11.2 Å². The molecule has 0 unspecified atom stereocenters. The van der Waals surface area contributed by atoms with E-state index in [2.05, 4.69) is 21.2 Å². The molecule has 0 fully saturated rings. The molecule has 0 aliphatic heterocycles. The zero-order valence-electron chi connectivity index (χ0n) is 10.7. The molecule has 20 heavy (non-hydrogen) atoms. The van der Waals surface area contributed by atoms with Crippen molar-refractivity contribution >= 4 is 44.8 Å². The summed E-state index contributed by atoms with van der Waals surface area (Å²) in [5, 5.41) is 3.40. The molecule has 0 aliphatic carbocycles. The molecule has 5 heteroatoms. The topological polar surface area (TPSA) is 55.1 Å². The summed E-state index contributed by atoms with van der Waals surface area (Å²) in [5.41, 5.74) is 8.14. The Kier molecular flexibility index (Phi) is 5.04. The van der Waals surface area contributed by atoms with Crippen LogP contribution < -0.4 is 11.1 Å². The molecule has 1 amide bonds. The molecular weight excluding hydrogens is 340 g/mol. The minimum atomic E-state index is -0.0598. The van der Waals surface area contributed by atoms with Crippen LogP contribution in [0, 0.1) is 0 Å². The fourth-order valence-electron chi connectivity index (χ4n) is 1.82. The van der Waals surface area contributed by atoms with E-state index in [1.165, 1.54) is 0 Å². The largest absolute Gasteiger partial charge is 0.399 e. The van der Waals surface area contributed by atoms with Gasteiger partial charge in [0.1, 0.15) is 0 Å². The number of nitrogens with two attached hydrogens (primary N) is 1. The Morgan fingerprint density at radius 2 is 2.00 bits per heavy atom. The smallest absolute Gasteiger partial charge is 0.224 e. The first-order chi connectivity index (χ1) is 9.56.